The highest BCUT2D eigenvalue weighted by Gasteiger charge is 2.35. The zero-order chi connectivity index (χ0) is 13.0. The highest BCUT2D eigenvalue weighted by atomic mass is 16.5. The van der Waals surface area contributed by atoms with Gasteiger partial charge in [-0.15, -0.1) is 0 Å². The topological polar surface area (TPSA) is 32.8 Å². The van der Waals surface area contributed by atoms with Gasteiger partial charge in [0.25, 0.3) is 0 Å². The summed E-state index contributed by atoms with van der Waals surface area (Å²) in [5.74, 6) is -0.0773. The van der Waals surface area contributed by atoms with Gasteiger partial charge in [0, 0.05) is 31.7 Å². The van der Waals surface area contributed by atoms with Crippen molar-refractivity contribution in [1.29, 1.82) is 0 Å². The van der Waals surface area contributed by atoms with Gasteiger partial charge in [-0.3, -0.25) is 14.6 Å². The van der Waals surface area contributed by atoms with Gasteiger partial charge in [0.2, 0.25) is 0 Å². The molecular weight excluding hydrogens is 216 g/mol. The normalized spacial score (nSPS) is 23.4. The second kappa shape index (κ2) is 6.36. The van der Waals surface area contributed by atoms with E-state index in [4.69, 9.17) is 4.74 Å². The van der Waals surface area contributed by atoms with Gasteiger partial charge in [0.15, 0.2) is 0 Å². The summed E-state index contributed by atoms with van der Waals surface area (Å²) in [6.07, 6.45) is 0. The smallest absolute Gasteiger partial charge is 0.324 e. The molecule has 1 aliphatic heterocycles. The largest absolute Gasteiger partial charge is 0.465 e. The van der Waals surface area contributed by atoms with Crippen LogP contribution in [-0.4, -0.2) is 60.1 Å². The molecule has 1 rings (SSSR count). The Labute approximate surface area is 105 Å². The van der Waals surface area contributed by atoms with Crippen LogP contribution in [0.25, 0.3) is 0 Å². The summed E-state index contributed by atoms with van der Waals surface area (Å²) in [7, 11) is 0. The summed E-state index contributed by atoms with van der Waals surface area (Å²) in [4.78, 5) is 16.6. The van der Waals surface area contributed by atoms with Crippen molar-refractivity contribution in [3.8, 4) is 0 Å². The summed E-state index contributed by atoms with van der Waals surface area (Å²) in [6, 6.07) is 0.769. The van der Waals surface area contributed by atoms with E-state index < -0.39 is 0 Å². The molecule has 0 aromatic rings. The summed E-state index contributed by atoms with van der Waals surface area (Å²) >= 11 is 0. The maximum Gasteiger partial charge on any atom is 0.324 e. The fourth-order valence-electron chi connectivity index (χ4n) is 2.35. The Kier molecular flexibility index (Phi) is 5.40. The molecule has 1 heterocycles. The fraction of sp³-hybridized carbons (Fsp3) is 0.923. The van der Waals surface area contributed by atoms with Crippen molar-refractivity contribution in [1.82, 2.24) is 9.80 Å². The SMILES string of the molecule is CCOC(=O)[C@H]1CN(C(C)C)CCN1C(C)C. The molecule has 1 atom stereocenters. The molecule has 4 heteroatoms. The molecule has 1 saturated heterocycles. The molecule has 17 heavy (non-hydrogen) atoms. The summed E-state index contributed by atoms with van der Waals surface area (Å²) in [5.41, 5.74) is 0. The molecule has 0 aromatic heterocycles. The van der Waals surface area contributed by atoms with E-state index in [2.05, 4.69) is 37.5 Å². The Bertz CT molecular complexity index is 254. The third-order valence-corrected chi connectivity index (χ3v) is 3.41. The molecule has 0 saturated carbocycles. The van der Waals surface area contributed by atoms with Gasteiger partial charge in [-0.25, -0.2) is 0 Å². The summed E-state index contributed by atoms with van der Waals surface area (Å²) in [5, 5.41) is 0. The monoisotopic (exact) mass is 242 g/mol. The van der Waals surface area contributed by atoms with Crippen molar-refractivity contribution in [2.75, 3.05) is 26.2 Å². The van der Waals surface area contributed by atoms with E-state index in [0.717, 1.165) is 19.6 Å². The number of carbonyl (C=O) groups is 1. The average Bonchev–Trinajstić information content (AvgIpc) is 2.28. The van der Waals surface area contributed by atoms with E-state index in [9.17, 15) is 4.79 Å². The lowest BCUT2D eigenvalue weighted by molar-refractivity contribution is -0.153. The van der Waals surface area contributed by atoms with Gasteiger partial charge in [0.1, 0.15) is 6.04 Å². The van der Waals surface area contributed by atoms with Crippen LogP contribution in [0.2, 0.25) is 0 Å². The molecule has 0 radical (unpaired) electrons. The minimum atomic E-state index is -0.105. The molecule has 0 bridgehead atoms. The lowest BCUT2D eigenvalue weighted by Gasteiger charge is -2.43. The number of nitrogens with zero attached hydrogens (tertiary/aromatic N) is 2. The van der Waals surface area contributed by atoms with E-state index in [-0.39, 0.29) is 12.0 Å². The van der Waals surface area contributed by atoms with Crippen LogP contribution in [-0.2, 0) is 9.53 Å². The Morgan fingerprint density at radius 2 is 1.88 bits per heavy atom. The number of piperazine rings is 1. The number of carbonyl (C=O) groups excluding carboxylic acids is 1. The van der Waals surface area contributed by atoms with Crippen LogP contribution >= 0.6 is 0 Å². The van der Waals surface area contributed by atoms with Crippen LogP contribution in [0, 0.1) is 0 Å². The molecule has 0 amide bonds. The number of esters is 1. The Hall–Kier alpha value is -0.610. The lowest BCUT2D eigenvalue weighted by atomic mass is 10.1. The predicted octanol–water partition coefficient (Wildman–Crippen LogP) is 1.35. The predicted molar refractivity (Wildman–Crippen MR) is 69.0 cm³/mol. The first kappa shape index (κ1) is 14.5. The van der Waals surface area contributed by atoms with Crippen molar-refractivity contribution in [3.63, 3.8) is 0 Å². The molecular formula is C13H26N2O2. The van der Waals surface area contributed by atoms with Crippen LogP contribution in [0.1, 0.15) is 34.6 Å². The number of ether oxygens (including phenoxy) is 1. The van der Waals surface area contributed by atoms with Crippen LogP contribution in [0.5, 0.6) is 0 Å². The zero-order valence-electron chi connectivity index (χ0n) is 11.8. The Morgan fingerprint density at radius 1 is 1.24 bits per heavy atom. The molecule has 100 valence electrons. The van der Waals surface area contributed by atoms with Crippen molar-refractivity contribution in [2.45, 2.75) is 52.7 Å². The van der Waals surface area contributed by atoms with Crippen LogP contribution in [0.15, 0.2) is 0 Å². The molecule has 0 aromatic carbocycles. The maximum absolute atomic E-state index is 12.0. The Balaban J connectivity index is 2.72. The third-order valence-electron chi connectivity index (χ3n) is 3.41. The van der Waals surface area contributed by atoms with Crippen LogP contribution in [0.4, 0.5) is 0 Å². The minimum Gasteiger partial charge on any atom is -0.465 e. The molecule has 4 nitrogen and oxygen atoms in total. The zero-order valence-corrected chi connectivity index (χ0v) is 11.8. The van der Waals surface area contributed by atoms with Crippen molar-refractivity contribution in [3.05, 3.63) is 0 Å². The van der Waals surface area contributed by atoms with Crippen molar-refractivity contribution in [2.24, 2.45) is 0 Å². The van der Waals surface area contributed by atoms with Gasteiger partial charge in [-0.2, -0.15) is 0 Å². The van der Waals surface area contributed by atoms with E-state index >= 15 is 0 Å². The maximum atomic E-state index is 12.0. The standard InChI is InChI=1S/C13H26N2O2/c1-6-17-13(16)12-9-14(10(2)3)7-8-15(12)11(4)5/h10-12H,6-9H2,1-5H3/t12-/m1/s1. The Morgan fingerprint density at radius 3 is 2.35 bits per heavy atom. The van der Waals surface area contributed by atoms with E-state index in [1.165, 1.54) is 0 Å². The van der Waals surface area contributed by atoms with Crippen molar-refractivity contribution >= 4 is 5.97 Å². The number of hydrogen-bond donors (Lipinski definition) is 0. The molecule has 0 spiro atoms. The van der Waals surface area contributed by atoms with Crippen LogP contribution in [0.3, 0.4) is 0 Å². The molecule has 0 unspecified atom stereocenters. The van der Waals surface area contributed by atoms with E-state index in [1.807, 2.05) is 6.92 Å². The van der Waals surface area contributed by atoms with Gasteiger partial charge in [-0.1, -0.05) is 0 Å². The molecule has 0 aliphatic carbocycles. The molecule has 0 N–H and O–H groups in total. The van der Waals surface area contributed by atoms with Gasteiger partial charge in [0.05, 0.1) is 6.61 Å². The quantitative estimate of drug-likeness (QED) is 0.697. The van der Waals surface area contributed by atoms with E-state index in [1.54, 1.807) is 0 Å². The van der Waals surface area contributed by atoms with Crippen molar-refractivity contribution < 1.29 is 9.53 Å². The van der Waals surface area contributed by atoms with Crippen LogP contribution < -0.4 is 0 Å². The average molecular weight is 242 g/mol. The van der Waals surface area contributed by atoms with E-state index in [0.29, 0.717) is 18.7 Å². The fourth-order valence-corrected chi connectivity index (χ4v) is 2.35. The summed E-state index contributed by atoms with van der Waals surface area (Å²) in [6.45, 7) is 13.7. The molecule has 1 fully saturated rings. The highest BCUT2D eigenvalue weighted by Crippen LogP contribution is 2.16. The molecule has 1 aliphatic rings. The van der Waals surface area contributed by atoms with Gasteiger partial charge >= 0.3 is 5.97 Å². The van der Waals surface area contributed by atoms with Gasteiger partial charge < -0.3 is 4.74 Å². The number of rotatable bonds is 4. The lowest BCUT2D eigenvalue weighted by Crippen LogP contribution is -2.60. The minimum absolute atomic E-state index is 0.0773. The van der Waals surface area contributed by atoms with Gasteiger partial charge in [-0.05, 0) is 34.6 Å². The number of hydrogen-bond acceptors (Lipinski definition) is 4. The summed E-state index contributed by atoms with van der Waals surface area (Å²) < 4.78 is 5.18. The first-order chi connectivity index (χ1) is 7.97. The first-order valence-electron chi connectivity index (χ1n) is 6.63. The first-order valence-corrected chi connectivity index (χ1v) is 6.63. The highest BCUT2D eigenvalue weighted by molar-refractivity contribution is 5.76. The second-order valence-corrected chi connectivity index (χ2v) is 5.19. The second-order valence-electron chi connectivity index (χ2n) is 5.19. The third kappa shape index (κ3) is 3.68.